The van der Waals surface area contributed by atoms with Gasteiger partial charge in [0, 0.05) is 31.6 Å². The molecule has 9 heteroatoms. The summed E-state index contributed by atoms with van der Waals surface area (Å²) in [5.74, 6) is 0.936. The van der Waals surface area contributed by atoms with E-state index in [1.807, 2.05) is 23.7 Å². The smallest absolute Gasteiger partial charge is 0.335 e. The van der Waals surface area contributed by atoms with Crippen LogP contribution < -0.4 is 0 Å². The predicted molar refractivity (Wildman–Crippen MR) is 145 cm³/mol. The molecule has 0 amide bonds. The summed E-state index contributed by atoms with van der Waals surface area (Å²) in [5.41, 5.74) is 6.48. The third kappa shape index (κ3) is 4.01. The molecule has 3 heterocycles. The van der Waals surface area contributed by atoms with E-state index in [-0.39, 0.29) is 11.6 Å². The third-order valence-corrected chi connectivity index (χ3v) is 7.80. The van der Waals surface area contributed by atoms with Crippen LogP contribution in [-0.2, 0) is 26.6 Å². The van der Waals surface area contributed by atoms with E-state index < -0.39 is 5.97 Å². The lowest BCUT2D eigenvalue weighted by Gasteiger charge is -2.33. The zero-order valence-electron chi connectivity index (χ0n) is 21.0. The largest absolute Gasteiger partial charge is 0.478 e. The summed E-state index contributed by atoms with van der Waals surface area (Å²) < 4.78 is 4.27. The second-order valence-corrected chi connectivity index (χ2v) is 10.2. The van der Waals surface area contributed by atoms with E-state index in [2.05, 4.69) is 40.7 Å². The molecule has 8 nitrogen and oxygen atoms in total. The molecule has 0 saturated heterocycles. The number of benzene rings is 3. The van der Waals surface area contributed by atoms with Gasteiger partial charge >= 0.3 is 5.97 Å². The van der Waals surface area contributed by atoms with Crippen molar-refractivity contribution >= 4 is 39.6 Å². The number of nitrogens with zero attached hydrogens (tertiary/aromatic N) is 6. The normalized spacial score (nSPS) is 15.6. The highest BCUT2D eigenvalue weighted by Crippen LogP contribution is 2.32. The molecule has 0 saturated carbocycles. The molecule has 0 radical (unpaired) electrons. The minimum atomic E-state index is -0.947. The number of hydrogen-bond acceptors (Lipinski definition) is 5. The van der Waals surface area contributed by atoms with E-state index in [0.717, 1.165) is 57.9 Å². The first-order valence-corrected chi connectivity index (χ1v) is 12.8. The summed E-state index contributed by atoms with van der Waals surface area (Å²) in [6.45, 7) is 4.43. The van der Waals surface area contributed by atoms with Crippen molar-refractivity contribution < 1.29 is 9.90 Å². The Morgan fingerprint density at radius 2 is 1.95 bits per heavy atom. The molecular weight excluding hydrogens is 500 g/mol. The van der Waals surface area contributed by atoms with Crippen LogP contribution in [0.4, 0.5) is 0 Å². The molecule has 1 N–H and O–H groups in total. The number of imidazole rings is 2. The number of carboxylic acid groups (broad SMARTS) is 1. The molecule has 3 aromatic carbocycles. The summed E-state index contributed by atoms with van der Waals surface area (Å²) >= 11 is 6.10. The zero-order valence-corrected chi connectivity index (χ0v) is 21.8. The molecule has 1 aliphatic heterocycles. The number of aryl methyl sites for hydroxylation is 1. The second-order valence-electron chi connectivity index (χ2n) is 9.74. The third-order valence-electron chi connectivity index (χ3n) is 7.56. The molecule has 1 atom stereocenters. The Morgan fingerprint density at radius 3 is 2.74 bits per heavy atom. The van der Waals surface area contributed by atoms with Gasteiger partial charge in [0.1, 0.15) is 11.6 Å². The van der Waals surface area contributed by atoms with Crippen LogP contribution in [0.2, 0.25) is 5.02 Å². The van der Waals surface area contributed by atoms with E-state index in [9.17, 15) is 15.2 Å². The predicted octanol–water partition coefficient (Wildman–Crippen LogP) is 5.31. The molecule has 0 aliphatic carbocycles. The first kappa shape index (κ1) is 24.2. The number of halogens is 1. The van der Waals surface area contributed by atoms with E-state index in [1.165, 1.54) is 0 Å². The Bertz CT molecular complexity index is 1780. The first-order valence-electron chi connectivity index (χ1n) is 12.4. The van der Waals surface area contributed by atoms with Gasteiger partial charge in [0.05, 0.1) is 51.8 Å². The van der Waals surface area contributed by atoms with Crippen molar-refractivity contribution in [2.24, 2.45) is 7.05 Å². The molecule has 1 aliphatic rings. The van der Waals surface area contributed by atoms with Crippen LogP contribution in [-0.4, -0.2) is 41.6 Å². The van der Waals surface area contributed by atoms with Crippen molar-refractivity contribution in [1.82, 2.24) is 24.0 Å². The van der Waals surface area contributed by atoms with Gasteiger partial charge in [-0.05, 0) is 54.4 Å². The van der Waals surface area contributed by atoms with E-state index >= 15 is 0 Å². The highest BCUT2D eigenvalue weighted by Gasteiger charge is 2.29. The van der Waals surface area contributed by atoms with Crippen molar-refractivity contribution in [3.8, 4) is 6.07 Å². The highest BCUT2D eigenvalue weighted by molar-refractivity contribution is 6.30. The lowest BCUT2D eigenvalue weighted by atomic mass is 9.99. The molecule has 0 fully saturated rings. The maximum Gasteiger partial charge on any atom is 0.335 e. The summed E-state index contributed by atoms with van der Waals surface area (Å²) in [5, 5.41) is 19.5. The molecule has 2 aromatic heterocycles. The Kier molecular flexibility index (Phi) is 5.90. The van der Waals surface area contributed by atoms with Crippen LogP contribution in [0, 0.1) is 11.3 Å². The van der Waals surface area contributed by atoms with Gasteiger partial charge in [0.15, 0.2) is 0 Å². The molecule has 38 heavy (non-hydrogen) atoms. The van der Waals surface area contributed by atoms with Gasteiger partial charge in [-0.3, -0.25) is 4.90 Å². The maximum atomic E-state index is 11.4. The van der Waals surface area contributed by atoms with Gasteiger partial charge in [0.2, 0.25) is 0 Å². The van der Waals surface area contributed by atoms with Crippen LogP contribution in [0.5, 0.6) is 0 Å². The van der Waals surface area contributed by atoms with Crippen LogP contribution in [0.15, 0.2) is 54.6 Å². The average Bonchev–Trinajstić information content (AvgIpc) is 3.45. The number of nitriles is 1. The van der Waals surface area contributed by atoms with Gasteiger partial charge in [-0.2, -0.15) is 5.26 Å². The van der Waals surface area contributed by atoms with Gasteiger partial charge in [-0.1, -0.05) is 29.8 Å². The van der Waals surface area contributed by atoms with Gasteiger partial charge in [0.25, 0.3) is 0 Å². The number of rotatable bonds is 5. The minimum absolute atomic E-state index is 0.0589. The molecule has 0 spiro atoms. The molecular formula is C29H25ClN6O2. The maximum absolute atomic E-state index is 11.4. The van der Waals surface area contributed by atoms with E-state index in [1.54, 1.807) is 24.3 Å². The van der Waals surface area contributed by atoms with Crippen molar-refractivity contribution in [3.63, 3.8) is 0 Å². The number of fused-ring (bicyclic) bond motifs is 4. The van der Waals surface area contributed by atoms with Crippen LogP contribution in [0.25, 0.3) is 22.1 Å². The fraction of sp³-hybridized carbons (Fsp3) is 0.241. The fourth-order valence-electron chi connectivity index (χ4n) is 5.43. The standard InChI is InChI=1S/C29H25ClN6O2/c1-17-28-33-27-19(12-18-6-8-22(30)13-21(18)15-31)4-3-5-24(27)36(28)11-10-35(17)16-26-32-23-9-7-20(29(37)38)14-25(23)34(26)2/h3-9,13-14,17H,10-12,16H2,1-2H3,(H,37,38). The zero-order chi connectivity index (χ0) is 26.6. The Hall–Kier alpha value is -4.19. The first-order chi connectivity index (χ1) is 18.3. The summed E-state index contributed by atoms with van der Waals surface area (Å²) in [6.07, 6.45) is 0.601. The van der Waals surface area contributed by atoms with Crippen LogP contribution in [0.3, 0.4) is 0 Å². The van der Waals surface area contributed by atoms with Crippen molar-refractivity contribution in [2.75, 3.05) is 6.54 Å². The van der Waals surface area contributed by atoms with Crippen molar-refractivity contribution in [1.29, 1.82) is 5.26 Å². The number of para-hydroxylation sites is 1. The lowest BCUT2D eigenvalue weighted by molar-refractivity contribution is 0.0697. The quantitative estimate of drug-likeness (QED) is 0.334. The SMILES string of the molecule is CC1c2nc3c(Cc4ccc(Cl)cc4C#N)cccc3n2CCN1Cc1nc2ccc(C(=O)O)cc2n1C. The monoisotopic (exact) mass is 524 g/mol. The number of carboxylic acids is 1. The topological polar surface area (TPSA) is 100.0 Å². The Labute approximate surface area is 224 Å². The highest BCUT2D eigenvalue weighted by atomic mass is 35.5. The molecule has 190 valence electrons. The molecule has 6 rings (SSSR count). The van der Waals surface area contributed by atoms with Gasteiger partial charge in [-0.15, -0.1) is 0 Å². The molecule has 0 bridgehead atoms. The van der Waals surface area contributed by atoms with Crippen molar-refractivity contribution in [3.05, 3.63) is 93.5 Å². The minimum Gasteiger partial charge on any atom is -0.478 e. The average molecular weight is 525 g/mol. The van der Waals surface area contributed by atoms with E-state index in [4.69, 9.17) is 21.6 Å². The summed E-state index contributed by atoms with van der Waals surface area (Å²) in [6, 6.07) is 19.0. The number of carbonyl (C=O) groups is 1. The molecule has 5 aromatic rings. The van der Waals surface area contributed by atoms with Crippen LogP contribution >= 0.6 is 11.6 Å². The molecule has 1 unspecified atom stereocenters. The lowest BCUT2D eigenvalue weighted by Crippen LogP contribution is -2.37. The van der Waals surface area contributed by atoms with Crippen LogP contribution in [0.1, 0.15) is 51.7 Å². The second kappa shape index (κ2) is 9.28. The Morgan fingerprint density at radius 1 is 1.11 bits per heavy atom. The van der Waals surface area contributed by atoms with E-state index in [0.29, 0.717) is 23.6 Å². The summed E-state index contributed by atoms with van der Waals surface area (Å²) in [7, 11) is 1.93. The fourth-order valence-corrected chi connectivity index (χ4v) is 5.60. The van der Waals surface area contributed by atoms with Gasteiger partial charge < -0.3 is 14.2 Å². The number of aromatic carboxylic acids is 1. The van der Waals surface area contributed by atoms with Gasteiger partial charge in [-0.25, -0.2) is 14.8 Å². The van der Waals surface area contributed by atoms with Crippen molar-refractivity contribution in [2.45, 2.75) is 32.5 Å². The Balaban J connectivity index is 1.32. The number of hydrogen-bond donors (Lipinski definition) is 1. The number of aromatic nitrogens is 4. The summed E-state index contributed by atoms with van der Waals surface area (Å²) in [4.78, 5) is 23.7.